The molecule has 4 heterocycles. The molecule has 0 amide bonds. The highest BCUT2D eigenvalue weighted by Crippen LogP contribution is 2.49. The Hall–Kier alpha value is -4.51. The van der Waals surface area contributed by atoms with Gasteiger partial charge in [0.25, 0.3) is 12.0 Å². The summed E-state index contributed by atoms with van der Waals surface area (Å²) < 4.78 is 55.2. The molecule has 2 aromatic heterocycles. The van der Waals surface area contributed by atoms with E-state index in [9.17, 15) is 14.2 Å². The second-order valence-corrected chi connectivity index (χ2v) is 16.7. The van der Waals surface area contributed by atoms with Gasteiger partial charge in [-0.05, 0) is 42.2 Å². The van der Waals surface area contributed by atoms with E-state index < -0.39 is 55.3 Å². The molecule has 0 aliphatic carbocycles. The zero-order valence-corrected chi connectivity index (χ0v) is 34.8. The number of rotatable bonds is 17. The van der Waals surface area contributed by atoms with Crippen molar-refractivity contribution in [3.63, 3.8) is 0 Å². The second kappa shape index (κ2) is 17.4. The zero-order chi connectivity index (χ0) is 41.1. The Kier molecular flexibility index (Phi) is 12.5. The average Bonchev–Trinajstić information content (AvgIpc) is 3.90. The Morgan fingerprint density at radius 2 is 1.64 bits per heavy atom. The fourth-order valence-electron chi connectivity index (χ4n) is 7.18. The average molecular weight is 833 g/mol. The largest absolute Gasteiger partial charge is 0.697 e. The van der Waals surface area contributed by atoms with Crippen molar-refractivity contribution < 1.29 is 42.1 Å². The van der Waals surface area contributed by atoms with Gasteiger partial charge in [0.1, 0.15) is 42.3 Å². The van der Waals surface area contributed by atoms with Gasteiger partial charge in [0.2, 0.25) is 5.95 Å². The van der Waals surface area contributed by atoms with Gasteiger partial charge in [0.05, 0.1) is 13.4 Å². The molecule has 2 fully saturated rings. The van der Waals surface area contributed by atoms with Crippen LogP contribution in [0.1, 0.15) is 57.0 Å². The van der Waals surface area contributed by atoms with Gasteiger partial charge in [-0.25, -0.2) is 4.98 Å². The van der Waals surface area contributed by atoms with Gasteiger partial charge >= 0.3 is 8.25 Å². The number of carbonyl (C=O) groups is 1. The van der Waals surface area contributed by atoms with Crippen molar-refractivity contribution >= 4 is 42.2 Å². The smallest absolute Gasteiger partial charge is 0.497 e. The summed E-state index contributed by atoms with van der Waals surface area (Å²) >= 11 is 1.14. The number of aromatic nitrogens is 4. The van der Waals surface area contributed by atoms with E-state index in [1.165, 1.54) is 13.4 Å². The summed E-state index contributed by atoms with van der Waals surface area (Å²) in [5.74, 6) is 1.18. The first-order valence-electron chi connectivity index (χ1n) is 18.9. The lowest BCUT2D eigenvalue weighted by Gasteiger charge is -2.37. The molecule has 0 bridgehead atoms. The van der Waals surface area contributed by atoms with Crippen molar-refractivity contribution in [2.24, 2.45) is 5.41 Å². The highest BCUT2D eigenvalue weighted by atomic mass is 32.2. The summed E-state index contributed by atoms with van der Waals surface area (Å²) in [6.07, 6.45) is -0.343. The predicted molar refractivity (Wildman–Crippen MR) is 218 cm³/mol. The minimum Gasteiger partial charge on any atom is -0.497 e. The standard InChI is InChI=1S/C41H46N5O10PS/c1-7-39(2,3)36(48)58-23-22-52-57(49)53-24-30-32-40(4,56-38(51-6)55-32)35(54-30)46-25-42-31-33(46)43-37(44-34(31)47)45-41(26-14-10-8-11-15-26,27-16-12-9-13-17-27)28-18-20-29(50-5)21-19-28/h8-21,25,30,32,35,38H,7,22-24H2,1-6H3,(H-,43,44,45,47)/p+1/t30-,32?,35-,38?,40+/m1/s1. The molecule has 0 spiro atoms. The maximum absolute atomic E-state index is 13.8. The van der Waals surface area contributed by atoms with Crippen LogP contribution in [0.2, 0.25) is 0 Å². The van der Waals surface area contributed by atoms with Gasteiger partial charge in [-0.15, -0.1) is 9.05 Å². The van der Waals surface area contributed by atoms with Gasteiger partial charge < -0.3 is 29.0 Å². The summed E-state index contributed by atoms with van der Waals surface area (Å²) in [6.45, 7) is 6.36. The maximum Gasteiger partial charge on any atom is 0.697 e. The molecule has 306 valence electrons. The Morgan fingerprint density at radius 3 is 2.26 bits per heavy atom. The van der Waals surface area contributed by atoms with Crippen molar-refractivity contribution in [1.29, 1.82) is 0 Å². The molecule has 6 atom stereocenters. The predicted octanol–water partition coefficient (Wildman–Crippen LogP) is 6.92. The molecule has 5 aromatic rings. The van der Waals surface area contributed by atoms with Crippen LogP contribution < -0.4 is 15.6 Å². The summed E-state index contributed by atoms with van der Waals surface area (Å²) in [5.41, 5.74) is -0.271. The van der Waals surface area contributed by atoms with Crippen LogP contribution in [0.3, 0.4) is 0 Å². The number of imidazole rings is 1. The van der Waals surface area contributed by atoms with Crippen molar-refractivity contribution in [3.8, 4) is 5.75 Å². The van der Waals surface area contributed by atoms with E-state index in [0.717, 1.165) is 28.5 Å². The van der Waals surface area contributed by atoms with Crippen LogP contribution in [0.25, 0.3) is 11.2 Å². The van der Waals surface area contributed by atoms with E-state index >= 15 is 0 Å². The summed E-state index contributed by atoms with van der Waals surface area (Å²) in [6, 6.07) is 27.5. The number of methoxy groups -OCH3 is 2. The molecule has 7 rings (SSSR count). The number of ether oxygens (including phenoxy) is 5. The van der Waals surface area contributed by atoms with Crippen LogP contribution >= 0.6 is 20.0 Å². The number of fused-ring (bicyclic) bond motifs is 2. The molecule has 3 unspecified atom stereocenters. The Labute approximate surface area is 341 Å². The summed E-state index contributed by atoms with van der Waals surface area (Å²) in [4.78, 5) is 38.6. The molecule has 2 saturated heterocycles. The molecule has 58 heavy (non-hydrogen) atoms. The van der Waals surface area contributed by atoms with Crippen molar-refractivity contribution in [2.45, 2.75) is 70.2 Å². The number of carbonyl (C=O) groups excluding carboxylic acids is 1. The van der Waals surface area contributed by atoms with Gasteiger partial charge in [-0.2, -0.15) is 4.98 Å². The zero-order valence-electron chi connectivity index (χ0n) is 33.1. The molecular weight excluding hydrogens is 786 g/mol. The molecular formula is C41H47N5O10PS+. The van der Waals surface area contributed by atoms with E-state index in [1.807, 2.05) is 106 Å². The van der Waals surface area contributed by atoms with E-state index in [-0.39, 0.29) is 35.4 Å². The third kappa shape index (κ3) is 8.08. The number of anilines is 1. The third-order valence-corrected chi connectivity index (χ3v) is 12.7. The number of aromatic amines is 1. The van der Waals surface area contributed by atoms with Crippen LogP contribution in [0.4, 0.5) is 5.95 Å². The van der Waals surface area contributed by atoms with Gasteiger partial charge in [0.15, 0.2) is 22.5 Å². The second-order valence-electron chi connectivity index (χ2n) is 14.7. The third-order valence-electron chi connectivity index (χ3n) is 10.7. The number of hydrogen-bond donors (Lipinski definition) is 2. The topological polar surface area (TPSA) is 174 Å². The summed E-state index contributed by atoms with van der Waals surface area (Å²) in [5, 5.41) is 3.66. The molecule has 3 aromatic carbocycles. The van der Waals surface area contributed by atoms with E-state index in [1.54, 1.807) is 18.6 Å². The van der Waals surface area contributed by atoms with Gasteiger partial charge in [-0.1, -0.05) is 105 Å². The van der Waals surface area contributed by atoms with Crippen LogP contribution in [0.15, 0.2) is 96.1 Å². The number of H-pyrrole nitrogens is 1. The van der Waals surface area contributed by atoms with Crippen molar-refractivity contribution in [3.05, 3.63) is 118 Å². The van der Waals surface area contributed by atoms with Crippen LogP contribution in [0, 0.1) is 5.41 Å². The first kappa shape index (κ1) is 41.6. The fraction of sp³-hybridized carbons (Fsp3) is 0.415. The van der Waals surface area contributed by atoms with Gasteiger partial charge in [0, 0.05) is 22.8 Å². The molecule has 2 N–H and O–H groups in total. The Bertz CT molecular complexity index is 2240. The first-order chi connectivity index (χ1) is 27.9. The highest BCUT2D eigenvalue weighted by Gasteiger charge is 2.63. The van der Waals surface area contributed by atoms with E-state index in [0.29, 0.717) is 17.9 Å². The molecule has 0 saturated carbocycles. The quantitative estimate of drug-likeness (QED) is 0.0561. The maximum atomic E-state index is 13.8. The highest BCUT2D eigenvalue weighted by molar-refractivity contribution is 8.13. The number of thioether (sulfide) groups is 1. The van der Waals surface area contributed by atoms with E-state index in [2.05, 4.69) is 15.3 Å². The Morgan fingerprint density at radius 1 is 0.983 bits per heavy atom. The van der Waals surface area contributed by atoms with Crippen LogP contribution in [0.5, 0.6) is 5.75 Å². The lowest BCUT2D eigenvalue weighted by molar-refractivity contribution is -0.268. The van der Waals surface area contributed by atoms with Crippen LogP contribution in [-0.2, 0) is 42.9 Å². The fourth-order valence-corrected chi connectivity index (χ4v) is 8.78. The minimum atomic E-state index is -2.55. The number of hydrogen-bond acceptors (Lipinski definition) is 14. The lowest BCUT2D eigenvalue weighted by Crippen LogP contribution is -2.42. The first-order valence-corrected chi connectivity index (χ1v) is 20.9. The van der Waals surface area contributed by atoms with E-state index in [4.69, 9.17) is 37.7 Å². The normalized spacial score (nSPS) is 22.2. The minimum absolute atomic E-state index is 0.0425. The molecule has 0 radical (unpaired) electrons. The SMILES string of the molecule is CCC(C)(C)C(=O)SCCO[P+](=O)OC[C@H]1O[C@@H](n2cnc3c(=O)[nH]c(NC(c4ccccc4)(c4ccccc4)c4ccc(OC)cc4)nc32)[C@@]2(C)OC(OC)OC12. The van der Waals surface area contributed by atoms with Crippen molar-refractivity contribution in [2.75, 3.05) is 38.5 Å². The van der Waals surface area contributed by atoms with Crippen LogP contribution in [-0.4, -0.2) is 82.1 Å². The number of nitrogens with one attached hydrogen (secondary N) is 2. The van der Waals surface area contributed by atoms with Crippen molar-refractivity contribution in [1.82, 2.24) is 19.5 Å². The number of benzene rings is 3. The monoisotopic (exact) mass is 832 g/mol. The summed E-state index contributed by atoms with van der Waals surface area (Å²) in [7, 11) is 0.511. The lowest BCUT2D eigenvalue weighted by atomic mass is 9.77. The molecule has 17 heteroatoms. The van der Waals surface area contributed by atoms with Gasteiger partial charge in [-0.3, -0.25) is 19.1 Å². The molecule has 15 nitrogen and oxygen atoms in total. The molecule has 2 aliphatic rings. The Balaban J connectivity index is 1.19. The molecule has 2 aliphatic heterocycles. The number of nitrogens with zero attached hydrogens (tertiary/aromatic N) is 3.